The van der Waals surface area contributed by atoms with Crippen LogP contribution in [0.25, 0.3) is 0 Å². The Labute approximate surface area is 368 Å². The Morgan fingerprint density at radius 2 is 0.593 bits per heavy atom. The fourth-order valence-electron chi connectivity index (χ4n) is 7.91. The molecule has 0 aromatic rings. The fraction of sp³-hybridized carbons (Fsp3) is 0.943. The Kier molecular flexibility index (Phi) is 43.3. The number of ether oxygens (including phenoxy) is 3. The van der Waals surface area contributed by atoms with Gasteiger partial charge in [0, 0.05) is 19.3 Å². The van der Waals surface area contributed by atoms with Gasteiger partial charge in [0.15, 0.2) is 6.10 Å². The Balaban J connectivity index is 4.28. The van der Waals surface area contributed by atoms with Crippen LogP contribution in [0.2, 0.25) is 0 Å². The maximum Gasteiger partial charge on any atom is 0.306 e. The van der Waals surface area contributed by atoms with E-state index in [2.05, 4.69) is 41.5 Å². The molecule has 0 aliphatic rings. The van der Waals surface area contributed by atoms with Crippen molar-refractivity contribution in [2.75, 3.05) is 13.2 Å². The van der Waals surface area contributed by atoms with Gasteiger partial charge in [-0.3, -0.25) is 14.4 Å². The molecular formula is C53H102O6. The molecule has 0 amide bonds. The Morgan fingerprint density at radius 3 is 0.881 bits per heavy atom. The number of hydrogen-bond donors (Lipinski definition) is 0. The van der Waals surface area contributed by atoms with Crippen LogP contribution < -0.4 is 0 Å². The number of unbranched alkanes of at least 4 members (excludes halogenated alkanes) is 28. The summed E-state index contributed by atoms with van der Waals surface area (Å²) in [5.74, 6) is 1.63. The first kappa shape index (κ1) is 57.4. The van der Waals surface area contributed by atoms with Crippen molar-refractivity contribution >= 4 is 17.9 Å². The summed E-state index contributed by atoms with van der Waals surface area (Å²) >= 11 is 0. The summed E-state index contributed by atoms with van der Waals surface area (Å²) in [4.78, 5) is 37.9. The van der Waals surface area contributed by atoms with Crippen molar-refractivity contribution in [2.45, 2.75) is 292 Å². The molecule has 2 atom stereocenters. The Bertz CT molecular complexity index is 916. The van der Waals surface area contributed by atoms with Crippen molar-refractivity contribution in [3.63, 3.8) is 0 Å². The van der Waals surface area contributed by atoms with Crippen LogP contribution in [0.5, 0.6) is 0 Å². The van der Waals surface area contributed by atoms with Gasteiger partial charge in [0.05, 0.1) is 0 Å². The lowest BCUT2D eigenvalue weighted by atomic mass is 10.00. The number of carbonyl (C=O) groups is 3. The van der Waals surface area contributed by atoms with Crippen molar-refractivity contribution in [1.82, 2.24) is 0 Å². The maximum atomic E-state index is 12.7. The molecule has 6 nitrogen and oxygen atoms in total. The number of hydrogen-bond acceptors (Lipinski definition) is 6. The summed E-state index contributed by atoms with van der Waals surface area (Å²) in [6, 6.07) is 0. The molecule has 0 saturated heterocycles. The molecule has 0 bridgehead atoms. The zero-order valence-corrected chi connectivity index (χ0v) is 40.5. The summed E-state index contributed by atoms with van der Waals surface area (Å²) < 4.78 is 16.8. The lowest BCUT2D eigenvalue weighted by Gasteiger charge is -2.18. The third-order valence-corrected chi connectivity index (χ3v) is 12.3. The molecular weight excluding hydrogens is 733 g/mol. The molecule has 0 heterocycles. The molecule has 0 rings (SSSR count). The quantitative estimate of drug-likeness (QED) is 0.0345. The monoisotopic (exact) mass is 835 g/mol. The average molecular weight is 835 g/mol. The Hall–Kier alpha value is -1.59. The van der Waals surface area contributed by atoms with E-state index in [1.54, 1.807) is 0 Å². The highest BCUT2D eigenvalue weighted by Crippen LogP contribution is 2.18. The molecule has 0 saturated carbocycles. The van der Waals surface area contributed by atoms with Crippen LogP contribution in [0.15, 0.2) is 0 Å². The topological polar surface area (TPSA) is 78.9 Å². The molecule has 0 spiro atoms. The minimum absolute atomic E-state index is 0.0654. The van der Waals surface area contributed by atoms with Crippen LogP contribution in [-0.2, 0) is 28.6 Å². The van der Waals surface area contributed by atoms with Gasteiger partial charge in [-0.15, -0.1) is 0 Å². The van der Waals surface area contributed by atoms with Crippen LogP contribution >= 0.6 is 0 Å². The van der Waals surface area contributed by atoms with Crippen LogP contribution in [0.1, 0.15) is 286 Å². The predicted molar refractivity (Wildman–Crippen MR) is 252 cm³/mol. The molecule has 1 unspecified atom stereocenters. The first-order chi connectivity index (χ1) is 28.6. The second kappa shape index (κ2) is 44.5. The van der Waals surface area contributed by atoms with Gasteiger partial charge in [-0.25, -0.2) is 0 Å². The van der Waals surface area contributed by atoms with E-state index in [9.17, 15) is 14.4 Å². The molecule has 0 aliphatic carbocycles. The normalized spacial score (nSPS) is 12.6. The van der Waals surface area contributed by atoms with Gasteiger partial charge < -0.3 is 14.2 Å². The molecule has 0 N–H and O–H groups in total. The lowest BCUT2D eigenvalue weighted by Crippen LogP contribution is -2.30. The molecule has 0 aromatic carbocycles. The van der Waals surface area contributed by atoms with E-state index in [0.717, 1.165) is 75.5 Å². The lowest BCUT2D eigenvalue weighted by molar-refractivity contribution is -0.167. The van der Waals surface area contributed by atoms with Gasteiger partial charge in [-0.2, -0.15) is 0 Å². The molecule has 0 aromatic heterocycles. The van der Waals surface area contributed by atoms with E-state index >= 15 is 0 Å². The van der Waals surface area contributed by atoms with Gasteiger partial charge in [0.2, 0.25) is 0 Å². The number of rotatable bonds is 46. The zero-order valence-electron chi connectivity index (χ0n) is 40.5. The van der Waals surface area contributed by atoms with Crippen molar-refractivity contribution in [1.29, 1.82) is 0 Å². The minimum atomic E-state index is -0.763. The van der Waals surface area contributed by atoms with Gasteiger partial charge >= 0.3 is 17.9 Å². The van der Waals surface area contributed by atoms with Gasteiger partial charge in [-0.05, 0) is 37.0 Å². The number of carbonyl (C=O) groups excluding carboxylic acids is 3. The predicted octanol–water partition coefficient (Wildman–Crippen LogP) is 16.8. The first-order valence-corrected chi connectivity index (χ1v) is 26.1. The van der Waals surface area contributed by atoms with Crippen molar-refractivity contribution in [3.8, 4) is 0 Å². The molecule has 0 radical (unpaired) electrons. The van der Waals surface area contributed by atoms with Crippen LogP contribution in [0, 0.1) is 17.8 Å². The summed E-state index contributed by atoms with van der Waals surface area (Å²) in [5, 5.41) is 0. The largest absolute Gasteiger partial charge is 0.462 e. The summed E-state index contributed by atoms with van der Waals surface area (Å²) in [6.45, 7) is 13.7. The zero-order chi connectivity index (χ0) is 43.4. The van der Waals surface area contributed by atoms with E-state index in [1.165, 1.54) is 167 Å². The molecule has 59 heavy (non-hydrogen) atoms. The SMILES string of the molecule is CCC(C)CCCCCCCCC(=O)O[C@@H](COC(=O)CCCCCCCCCCCCCCCC(C)C)COC(=O)CCCCCCCCCCCCCCC(C)C. The highest BCUT2D eigenvalue weighted by molar-refractivity contribution is 5.71. The van der Waals surface area contributed by atoms with Crippen LogP contribution in [-0.4, -0.2) is 37.2 Å². The first-order valence-electron chi connectivity index (χ1n) is 26.1. The van der Waals surface area contributed by atoms with Crippen molar-refractivity contribution < 1.29 is 28.6 Å². The highest BCUT2D eigenvalue weighted by atomic mass is 16.6. The molecule has 6 heteroatoms. The summed E-state index contributed by atoms with van der Waals surface area (Å²) in [7, 11) is 0. The second-order valence-corrected chi connectivity index (χ2v) is 19.4. The van der Waals surface area contributed by atoms with E-state index in [0.29, 0.717) is 19.3 Å². The van der Waals surface area contributed by atoms with E-state index < -0.39 is 6.10 Å². The molecule has 350 valence electrons. The molecule has 0 fully saturated rings. The summed E-state index contributed by atoms with van der Waals surface area (Å²) in [5.41, 5.74) is 0. The van der Waals surface area contributed by atoms with Gasteiger partial charge in [0.1, 0.15) is 13.2 Å². The number of esters is 3. The third-order valence-electron chi connectivity index (χ3n) is 12.3. The van der Waals surface area contributed by atoms with Crippen molar-refractivity contribution in [3.05, 3.63) is 0 Å². The Morgan fingerprint density at radius 1 is 0.339 bits per heavy atom. The smallest absolute Gasteiger partial charge is 0.306 e. The van der Waals surface area contributed by atoms with Gasteiger partial charge in [-0.1, -0.05) is 247 Å². The standard InChI is InChI=1S/C53H102O6/c1-7-49(6)41-35-29-25-26-32-38-44-53(56)59-50(46-58-52(55)43-37-31-24-20-16-12-11-14-18-22-28-34-40-48(4)5)45-57-51(54)42-36-30-23-19-15-10-8-9-13-17-21-27-33-39-47(2)3/h47-50H,7-46H2,1-6H3/t49?,50-/m0/s1. The third kappa shape index (κ3) is 45.8. The minimum Gasteiger partial charge on any atom is -0.462 e. The van der Waals surface area contributed by atoms with Crippen LogP contribution in [0.3, 0.4) is 0 Å². The van der Waals surface area contributed by atoms with Gasteiger partial charge in [0.25, 0.3) is 0 Å². The van der Waals surface area contributed by atoms with E-state index in [4.69, 9.17) is 14.2 Å². The highest BCUT2D eigenvalue weighted by Gasteiger charge is 2.19. The van der Waals surface area contributed by atoms with Crippen molar-refractivity contribution in [2.24, 2.45) is 17.8 Å². The van der Waals surface area contributed by atoms with Crippen LogP contribution in [0.4, 0.5) is 0 Å². The van der Waals surface area contributed by atoms with E-state index in [1.807, 2.05) is 0 Å². The fourth-order valence-corrected chi connectivity index (χ4v) is 7.91. The summed E-state index contributed by atoms with van der Waals surface area (Å²) in [6.07, 6.45) is 43.8. The maximum absolute atomic E-state index is 12.7. The molecule has 0 aliphatic heterocycles. The average Bonchev–Trinajstić information content (AvgIpc) is 3.20. The van der Waals surface area contributed by atoms with E-state index in [-0.39, 0.29) is 31.1 Å². The second-order valence-electron chi connectivity index (χ2n) is 19.4.